The Morgan fingerprint density at radius 2 is 1.79 bits per heavy atom. The first-order valence-corrected chi connectivity index (χ1v) is 9.47. The number of ether oxygens (including phenoxy) is 1. The van der Waals surface area contributed by atoms with Crippen LogP contribution in [0.15, 0.2) is 54.6 Å². The van der Waals surface area contributed by atoms with E-state index in [1.807, 2.05) is 53.4 Å². The van der Waals surface area contributed by atoms with Crippen LogP contribution in [0.5, 0.6) is 11.5 Å². The molecule has 1 aliphatic heterocycles. The van der Waals surface area contributed by atoms with Crippen LogP contribution in [0.3, 0.4) is 0 Å². The second-order valence-corrected chi connectivity index (χ2v) is 6.94. The van der Waals surface area contributed by atoms with Gasteiger partial charge in [0.25, 0.3) is 5.91 Å². The third-order valence-corrected chi connectivity index (χ3v) is 4.88. The summed E-state index contributed by atoms with van der Waals surface area (Å²) >= 11 is 0. The van der Waals surface area contributed by atoms with Crippen LogP contribution in [-0.4, -0.2) is 47.1 Å². The summed E-state index contributed by atoms with van der Waals surface area (Å²) in [4.78, 5) is 19.0. The molecule has 1 saturated heterocycles. The van der Waals surface area contributed by atoms with Crippen LogP contribution >= 0.6 is 0 Å². The van der Waals surface area contributed by atoms with Crippen molar-refractivity contribution in [2.45, 2.75) is 13.0 Å². The monoisotopic (exact) mass is 377 g/mol. The van der Waals surface area contributed by atoms with Gasteiger partial charge in [-0.05, 0) is 48.9 Å². The predicted octanol–water partition coefficient (Wildman–Crippen LogP) is 3.13. The Hall–Kier alpha value is -2.96. The molecule has 2 N–H and O–H groups in total. The number of fused-ring (bicyclic) bond motifs is 1. The number of rotatable bonds is 4. The van der Waals surface area contributed by atoms with E-state index in [2.05, 4.69) is 10.3 Å². The molecule has 0 radical (unpaired) electrons. The number of nitrogens with zero attached hydrogens (tertiary/aromatic N) is 2. The minimum atomic E-state index is -0.501. The van der Waals surface area contributed by atoms with Gasteiger partial charge in [0.15, 0.2) is 0 Å². The van der Waals surface area contributed by atoms with E-state index in [-0.39, 0.29) is 5.91 Å². The van der Waals surface area contributed by atoms with Gasteiger partial charge in [-0.25, -0.2) is 4.98 Å². The summed E-state index contributed by atoms with van der Waals surface area (Å²) in [6, 6.07) is 16.6. The third-order valence-electron chi connectivity index (χ3n) is 4.88. The number of benzene rings is 2. The Morgan fingerprint density at radius 1 is 1.07 bits per heavy atom. The maximum atomic E-state index is 12.6. The Balaban J connectivity index is 1.52. The number of aromatic nitrogens is 1. The molecule has 0 aliphatic carbocycles. The zero-order valence-corrected chi connectivity index (χ0v) is 15.8. The largest absolute Gasteiger partial charge is 0.457 e. The predicted molar refractivity (Wildman–Crippen MR) is 108 cm³/mol. The summed E-state index contributed by atoms with van der Waals surface area (Å²) < 4.78 is 5.90. The Labute approximate surface area is 163 Å². The first-order valence-electron chi connectivity index (χ1n) is 9.47. The zero-order chi connectivity index (χ0) is 19.5. The van der Waals surface area contributed by atoms with Gasteiger partial charge in [0.2, 0.25) is 0 Å². The van der Waals surface area contributed by atoms with Crippen molar-refractivity contribution < 1.29 is 14.6 Å². The maximum absolute atomic E-state index is 12.6. The van der Waals surface area contributed by atoms with E-state index in [9.17, 15) is 9.90 Å². The van der Waals surface area contributed by atoms with Crippen molar-refractivity contribution in [3.63, 3.8) is 0 Å². The highest BCUT2D eigenvalue weighted by Crippen LogP contribution is 2.26. The van der Waals surface area contributed by atoms with E-state index in [0.717, 1.165) is 29.6 Å². The molecule has 1 atom stereocenters. The number of carbonyl (C=O) groups is 1. The molecule has 0 bridgehead atoms. The fourth-order valence-electron chi connectivity index (χ4n) is 3.27. The maximum Gasteiger partial charge on any atom is 0.272 e. The Morgan fingerprint density at radius 3 is 2.50 bits per heavy atom. The molecule has 1 fully saturated rings. The summed E-state index contributed by atoms with van der Waals surface area (Å²) in [6.45, 7) is 4.78. The first kappa shape index (κ1) is 18.4. The van der Waals surface area contributed by atoms with E-state index in [1.54, 1.807) is 13.0 Å². The van der Waals surface area contributed by atoms with Crippen LogP contribution in [0.4, 0.5) is 0 Å². The molecule has 0 saturated carbocycles. The van der Waals surface area contributed by atoms with E-state index in [0.29, 0.717) is 30.3 Å². The Bertz CT molecular complexity index is 980. The lowest BCUT2D eigenvalue weighted by atomic mass is 10.1. The fourth-order valence-corrected chi connectivity index (χ4v) is 3.27. The minimum Gasteiger partial charge on any atom is -0.457 e. The molecule has 1 aliphatic rings. The van der Waals surface area contributed by atoms with E-state index in [4.69, 9.17) is 4.74 Å². The summed E-state index contributed by atoms with van der Waals surface area (Å²) in [6.07, 6.45) is -0.501. The molecule has 6 heteroatoms. The number of piperazine rings is 1. The lowest BCUT2D eigenvalue weighted by Crippen LogP contribution is -2.46. The van der Waals surface area contributed by atoms with Crippen molar-refractivity contribution in [1.29, 1.82) is 0 Å². The van der Waals surface area contributed by atoms with E-state index < -0.39 is 6.10 Å². The number of hydrogen-bond donors (Lipinski definition) is 2. The van der Waals surface area contributed by atoms with Crippen LogP contribution < -0.4 is 10.1 Å². The molecule has 28 heavy (non-hydrogen) atoms. The van der Waals surface area contributed by atoms with Gasteiger partial charge >= 0.3 is 0 Å². The van der Waals surface area contributed by atoms with Crippen molar-refractivity contribution in [1.82, 2.24) is 15.2 Å². The molecule has 0 spiro atoms. The zero-order valence-electron chi connectivity index (χ0n) is 15.8. The molecule has 1 amide bonds. The summed E-state index contributed by atoms with van der Waals surface area (Å²) in [5, 5.41) is 13.7. The van der Waals surface area contributed by atoms with Gasteiger partial charge in [-0.1, -0.05) is 18.2 Å². The highest BCUT2D eigenvalue weighted by atomic mass is 16.5. The molecule has 2 heterocycles. The van der Waals surface area contributed by atoms with Crippen LogP contribution in [0.25, 0.3) is 10.9 Å². The van der Waals surface area contributed by atoms with Gasteiger partial charge in [-0.3, -0.25) is 4.79 Å². The lowest BCUT2D eigenvalue weighted by Gasteiger charge is -2.27. The molecule has 0 unspecified atom stereocenters. The summed E-state index contributed by atoms with van der Waals surface area (Å²) in [5.74, 6) is 1.37. The van der Waals surface area contributed by atoms with Crippen molar-refractivity contribution in [2.24, 2.45) is 0 Å². The second-order valence-electron chi connectivity index (χ2n) is 6.94. The standard InChI is InChI=1S/C22H23N3O3/c1-15(26)16-2-5-18(6-3-16)28-19-7-9-20-17(14-19)4-8-21(24-20)22(27)25-12-10-23-11-13-25/h2-9,14-15,23,26H,10-13H2,1H3/t15-/m0/s1. The van der Waals surface area contributed by atoms with Gasteiger partial charge in [0.05, 0.1) is 11.6 Å². The molecule has 6 nitrogen and oxygen atoms in total. The SMILES string of the molecule is C[C@H](O)c1ccc(Oc2ccc3nc(C(=O)N4CCNCC4)ccc3c2)cc1. The molecule has 4 rings (SSSR count). The van der Waals surface area contributed by atoms with Gasteiger partial charge in [0, 0.05) is 31.6 Å². The molecular weight excluding hydrogens is 354 g/mol. The second kappa shape index (κ2) is 7.96. The number of pyridine rings is 1. The molecule has 3 aromatic rings. The van der Waals surface area contributed by atoms with Gasteiger partial charge in [-0.2, -0.15) is 0 Å². The van der Waals surface area contributed by atoms with Gasteiger partial charge < -0.3 is 20.1 Å². The average molecular weight is 377 g/mol. The average Bonchev–Trinajstić information content (AvgIpc) is 2.74. The van der Waals surface area contributed by atoms with E-state index >= 15 is 0 Å². The highest BCUT2D eigenvalue weighted by molar-refractivity contribution is 5.95. The smallest absolute Gasteiger partial charge is 0.272 e. The molecule has 1 aromatic heterocycles. The Kier molecular flexibility index (Phi) is 5.23. The normalized spacial score (nSPS) is 15.4. The van der Waals surface area contributed by atoms with Crippen molar-refractivity contribution in [3.8, 4) is 11.5 Å². The lowest BCUT2D eigenvalue weighted by molar-refractivity contribution is 0.0730. The van der Waals surface area contributed by atoms with Crippen molar-refractivity contribution >= 4 is 16.8 Å². The minimum absolute atomic E-state index is 0.0260. The number of aliphatic hydroxyl groups excluding tert-OH is 1. The van der Waals surface area contributed by atoms with Crippen molar-refractivity contribution in [2.75, 3.05) is 26.2 Å². The first-order chi connectivity index (χ1) is 13.6. The quantitative estimate of drug-likeness (QED) is 0.731. The number of amides is 1. The third kappa shape index (κ3) is 3.98. The molecular formula is C22H23N3O3. The van der Waals surface area contributed by atoms with Crippen molar-refractivity contribution in [3.05, 3.63) is 65.9 Å². The van der Waals surface area contributed by atoms with Crippen LogP contribution in [0, 0.1) is 0 Å². The van der Waals surface area contributed by atoms with Gasteiger partial charge in [0.1, 0.15) is 17.2 Å². The van der Waals surface area contributed by atoms with Crippen LogP contribution in [0.2, 0.25) is 0 Å². The number of aliphatic hydroxyl groups is 1. The number of carbonyl (C=O) groups excluding carboxylic acids is 1. The topological polar surface area (TPSA) is 74.7 Å². The summed E-state index contributed by atoms with van der Waals surface area (Å²) in [7, 11) is 0. The molecule has 144 valence electrons. The van der Waals surface area contributed by atoms with Crippen LogP contribution in [0.1, 0.15) is 29.1 Å². The van der Waals surface area contributed by atoms with E-state index in [1.165, 1.54) is 0 Å². The number of nitrogens with one attached hydrogen (secondary N) is 1. The van der Waals surface area contributed by atoms with Gasteiger partial charge in [-0.15, -0.1) is 0 Å². The number of hydrogen-bond acceptors (Lipinski definition) is 5. The highest BCUT2D eigenvalue weighted by Gasteiger charge is 2.19. The fraction of sp³-hybridized carbons (Fsp3) is 0.273. The van der Waals surface area contributed by atoms with Crippen LogP contribution in [-0.2, 0) is 0 Å². The summed E-state index contributed by atoms with van der Waals surface area (Å²) in [5.41, 5.74) is 2.08. The molecule has 2 aromatic carbocycles.